The summed E-state index contributed by atoms with van der Waals surface area (Å²) >= 11 is 3.55. The first-order valence-electron chi connectivity index (χ1n) is 6.84. The molecule has 0 aliphatic rings. The lowest BCUT2D eigenvalue weighted by molar-refractivity contribution is 0.185. The maximum atomic E-state index is 5.22. The maximum Gasteiger partial charge on any atom is 0.150 e. The summed E-state index contributed by atoms with van der Waals surface area (Å²) in [7, 11) is 1.68. The van der Waals surface area contributed by atoms with Gasteiger partial charge in [0.15, 0.2) is 0 Å². The van der Waals surface area contributed by atoms with E-state index in [4.69, 9.17) is 4.74 Å². The number of hydrogen-bond donors (Lipinski definition) is 2. The SMILES string of the molecule is CCCNc1ncnc(Nc2ccccc2COC)c1Br. The molecule has 0 atom stereocenters. The zero-order chi connectivity index (χ0) is 15.1. The average Bonchev–Trinajstić information content (AvgIpc) is 2.50. The van der Waals surface area contributed by atoms with Gasteiger partial charge in [0.2, 0.25) is 0 Å². The number of rotatable bonds is 7. The Morgan fingerprint density at radius 1 is 1.19 bits per heavy atom. The summed E-state index contributed by atoms with van der Waals surface area (Å²) in [5.41, 5.74) is 2.05. The van der Waals surface area contributed by atoms with E-state index >= 15 is 0 Å². The van der Waals surface area contributed by atoms with Crippen LogP contribution in [0.1, 0.15) is 18.9 Å². The number of benzene rings is 1. The van der Waals surface area contributed by atoms with Crippen molar-refractivity contribution >= 4 is 33.3 Å². The zero-order valence-electron chi connectivity index (χ0n) is 12.2. The molecule has 0 saturated heterocycles. The highest BCUT2D eigenvalue weighted by Gasteiger charge is 2.10. The van der Waals surface area contributed by atoms with Crippen molar-refractivity contribution < 1.29 is 4.74 Å². The van der Waals surface area contributed by atoms with E-state index in [0.29, 0.717) is 6.61 Å². The molecule has 0 radical (unpaired) electrons. The lowest BCUT2D eigenvalue weighted by Gasteiger charge is -2.14. The second kappa shape index (κ2) is 7.95. The molecule has 0 aliphatic heterocycles. The van der Waals surface area contributed by atoms with Gasteiger partial charge in [-0.1, -0.05) is 25.1 Å². The van der Waals surface area contributed by atoms with E-state index in [9.17, 15) is 0 Å². The van der Waals surface area contributed by atoms with Crippen molar-refractivity contribution in [2.45, 2.75) is 20.0 Å². The van der Waals surface area contributed by atoms with Crippen LogP contribution in [0.4, 0.5) is 17.3 Å². The van der Waals surface area contributed by atoms with Crippen LogP contribution in [0.5, 0.6) is 0 Å². The fourth-order valence-corrected chi connectivity index (χ4v) is 2.32. The van der Waals surface area contributed by atoms with Crippen molar-refractivity contribution in [3.63, 3.8) is 0 Å². The summed E-state index contributed by atoms with van der Waals surface area (Å²) in [6.07, 6.45) is 2.58. The third-order valence-corrected chi connectivity index (χ3v) is 3.65. The van der Waals surface area contributed by atoms with Gasteiger partial charge in [-0.2, -0.15) is 0 Å². The van der Waals surface area contributed by atoms with Gasteiger partial charge in [-0.3, -0.25) is 0 Å². The Hall–Kier alpha value is -1.66. The van der Waals surface area contributed by atoms with Crippen LogP contribution in [0.2, 0.25) is 0 Å². The number of hydrogen-bond acceptors (Lipinski definition) is 5. The third-order valence-electron chi connectivity index (χ3n) is 2.90. The topological polar surface area (TPSA) is 59.1 Å². The van der Waals surface area contributed by atoms with Crippen LogP contribution >= 0.6 is 15.9 Å². The van der Waals surface area contributed by atoms with Crippen molar-refractivity contribution in [3.05, 3.63) is 40.6 Å². The summed E-state index contributed by atoms with van der Waals surface area (Å²) in [5.74, 6) is 1.52. The second-order valence-corrected chi connectivity index (χ2v) is 5.32. The first-order chi connectivity index (χ1) is 10.3. The quantitative estimate of drug-likeness (QED) is 0.791. The van der Waals surface area contributed by atoms with Gasteiger partial charge in [-0.25, -0.2) is 9.97 Å². The zero-order valence-corrected chi connectivity index (χ0v) is 13.8. The van der Waals surface area contributed by atoms with Crippen LogP contribution < -0.4 is 10.6 Å². The molecule has 21 heavy (non-hydrogen) atoms. The van der Waals surface area contributed by atoms with Crippen LogP contribution in [-0.4, -0.2) is 23.6 Å². The third kappa shape index (κ3) is 4.15. The number of nitrogens with one attached hydrogen (secondary N) is 2. The largest absolute Gasteiger partial charge is 0.380 e. The molecule has 1 aromatic carbocycles. The first kappa shape index (κ1) is 15.7. The lowest BCUT2D eigenvalue weighted by atomic mass is 10.2. The molecular weight excluding hydrogens is 332 g/mol. The predicted octanol–water partition coefficient (Wildman–Crippen LogP) is 3.95. The Morgan fingerprint density at radius 2 is 1.95 bits per heavy atom. The maximum absolute atomic E-state index is 5.22. The highest BCUT2D eigenvalue weighted by Crippen LogP contribution is 2.30. The molecule has 0 aliphatic carbocycles. The summed E-state index contributed by atoms with van der Waals surface area (Å²) in [5, 5.41) is 6.59. The normalized spacial score (nSPS) is 10.4. The van der Waals surface area contributed by atoms with Gasteiger partial charge in [-0.15, -0.1) is 0 Å². The molecule has 0 saturated carbocycles. The van der Waals surface area contributed by atoms with E-state index in [1.54, 1.807) is 13.4 Å². The Morgan fingerprint density at radius 3 is 2.71 bits per heavy atom. The Bertz CT molecular complexity index is 592. The van der Waals surface area contributed by atoms with Crippen LogP contribution in [0.3, 0.4) is 0 Å². The molecule has 6 heteroatoms. The van der Waals surface area contributed by atoms with Crippen molar-refractivity contribution in [1.29, 1.82) is 0 Å². The van der Waals surface area contributed by atoms with E-state index in [0.717, 1.165) is 40.3 Å². The van der Waals surface area contributed by atoms with E-state index in [-0.39, 0.29) is 0 Å². The first-order valence-corrected chi connectivity index (χ1v) is 7.63. The summed E-state index contributed by atoms with van der Waals surface area (Å²) < 4.78 is 6.04. The smallest absolute Gasteiger partial charge is 0.150 e. The van der Waals surface area contributed by atoms with Gasteiger partial charge in [-0.05, 0) is 28.4 Å². The van der Waals surface area contributed by atoms with Crippen LogP contribution in [0, 0.1) is 0 Å². The number of anilines is 3. The molecule has 2 N–H and O–H groups in total. The summed E-state index contributed by atoms with van der Waals surface area (Å²) in [4.78, 5) is 8.54. The molecule has 2 rings (SSSR count). The summed E-state index contributed by atoms with van der Waals surface area (Å²) in [6.45, 7) is 3.53. The molecule has 0 spiro atoms. The van der Waals surface area contributed by atoms with Gasteiger partial charge in [0.1, 0.15) is 22.4 Å². The highest BCUT2D eigenvalue weighted by molar-refractivity contribution is 9.10. The highest BCUT2D eigenvalue weighted by atomic mass is 79.9. The number of halogens is 1. The fourth-order valence-electron chi connectivity index (χ4n) is 1.87. The van der Waals surface area contributed by atoms with Crippen molar-refractivity contribution in [1.82, 2.24) is 9.97 Å². The van der Waals surface area contributed by atoms with Crippen LogP contribution in [0.15, 0.2) is 35.1 Å². The number of ether oxygens (including phenoxy) is 1. The lowest BCUT2D eigenvalue weighted by Crippen LogP contribution is -2.06. The van der Waals surface area contributed by atoms with Gasteiger partial charge in [0, 0.05) is 24.9 Å². The molecule has 5 nitrogen and oxygen atoms in total. The van der Waals surface area contributed by atoms with E-state index in [2.05, 4.69) is 43.5 Å². The van der Waals surface area contributed by atoms with Gasteiger partial charge < -0.3 is 15.4 Å². The molecule has 1 aromatic heterocycles. The van der Waals surface area contributed by atoms with Gasteiger partial charge in [0.05, 0.1) is 6.61 Å². The standard InChI is InChI=1S/C15H19BrN4O/c1-3-8-17-14-13(16)15(19-10-18-14)20-12-7-5-4-6-11(12)9-21-2/h4-7,10H,3,8-9H2,1-2H3,(H2,17,18,19,20). The molecule has 0 bridgehead atoms. The van der Waals surface area contributed by atoms with Crippen LogP contribution in [0.25, 0.3) is 0 Å². The monoisotopic (exact) mass is 350 g/mol. The Labute approximate surface area is 133 Å². The second-order valence-electron chi connectivity index (χ2n) is 4.53. The molecule has 2 aromatic rings. The van der Waals surface area contributed by atoms with Gasteiger partial charge in [0.25, 0.3) is 0 Å². The molecule has 0 fully saturated rings. The van der Waals surface area contributed by atoms with Crippen molar-refractivity contribution in [3.8, 4) is 0 Å². The molecule has 0 amide bonds. The predicted molar refractivity (Wildman–Crippen MR) is 89.0 cm³/mol. The number of aromatic nitrogens is 2. The minimum absolute atomic E-state index is 0.548. The number of para-hydroxylation sites is 1. The summed E-state index contributed by atoms with van der Waals surface area (Å²) in [6, 6.07) is 7.99. The van der Waals surface area contributed by atoms with Crippen molar-refractivity contribution in [2.24, 2.45) is 0 Å². The minimum Gasteiger partial charge on any atom is -0.380 e. The minimum atomic E-state index is 0.548. The Kier molecular flexibility index (Phi) is 5.95. The van der Waals surface area contributed by atoms with Crippen molar-refractivity contribution in [2.75, 3.05) is 24.3 Å². The van der Waals surface area contributed by atoms with Gasteiger partial charge >= 0.3 is 0 Å². The Balaban J connectivity index is 2.23. The molecule has 1 heterocycles. The van der Waals surface area contributed by atoms with Crippen LogP contribution in [-0.2, 0) is 11.3 Å². The van der Waals surface area contributed by atoms with E-state index < -0.39 is 0 Å². The fraction of sp³-hybridized carbons (Fsp3) is 0.333. The molecular formula is C15H19BrN4O. The number of methoxy groups -OCH3 is 1. The van der Waals surface area contributed by atoms with E-state index in [1.807, 2.05) is 24.3 Å². The molecule has 0 unspecified atom stereocenters. The number of nitrogens with zero attached hydrogens (tertiary/aromatic N) is 2. The average molecular weight is 351 g/mol. The van der Waals surface area contributed by atoms with E-state index in [1.165, 1.54) is 0 Å². The molecule has 112 valence electrons.